The van der Waals surface area contributed by atoms with Crippen molar-refractivity contribution in [2.75, 3.05) is 12.8 Å². The summed E-state index contributed by atoms with van der Waals surface area (Å²) in [4.78, 5) is 3.23. The van der Waals surface area contributed by atoms with Crippen molar-refractivity contribution in [1.29, 1.82) is 0 Å². The van der Waals surface area contributed by atoms with Crippen LogP contribution in [-0.4, -0.2) is 21.9 Å². The fourth-order valence-corrected chi connectivity index (χ4v) is 2.27. The van der Waals surface area contributed by atoms with Gasteiger partial charge in [0.05, 0.1) is 18.3 Å². The molecule has 0 aliphatic carbocycles. The Hall–Kier alpha value is -2.43. The quantitative estimate of drug-likeness (QED) is 0.740. The van der Waals surface area contributed by atoms with Crippen LogP contribution < -0.4 is 10.5 Å². The molecule has 19 heavy (non-hydrogen) atoms. The second-order valence-corrected chi connectivity index (χ2v) is 4.65. The number of rotatable bonds is 2. The first-order valence-corrected chi connectivity index (χ1v) is 6.05. The third-order valence-electron chi connectivity index (χ3n) is 3.39. The lowest BCUT2D eigenvalue weighted by Gasteiger charge is -2.05. The average molecular weight is 256 g/mol. The molecule has 0 atom stereocenters. The Labute approximate surface area is 111 Å². The summed E-state index contributed by atoms with van der Waals surface area (Å²) in [5.74, 6) is 1.45. The zero-order valence-electron chi connectivity index (χ0n) is 11.2. The smallest absolute Gasteiger partial charge is 0.143 e. The zero-order valence-corrected chi connectivity index (χ0v) is 11.2. The number of nitrogen functional groups attached to an aromatic ring is 1. The summed E-state index contributed by atoms with van der Waals surface area (Å²) in [5, 5.41) is 5.54. The van der Waals surface area contributed by atoms with Crippen LogP contribution in [0.15, 0.2) is 24.4 Å². The predicted octanol–water partition coefficient (Wildman–Crippen LogP) is 2.47. The number of benzene rings is 1. The number of aryl methyl sites for hydroxylation is 2. The van der Waals surface area contributed by atoms with E-state index < -0.39 is 0 Å². The van der Waals surface area contributed by atoms with E-state index in [1.165, 1.54) is 5.56 Å². The van der Waals surface area contributed by atoms with Gasteiger partial charge in [0, 0.05) is 30.3 Å². The number of H-pyrrole nitrogens is 1. The number of anilines is 1. The molecule has 0 spiro atoms. The van der Waals surface area contributed by atoms with Crippen LogP contribution in [0.4, 0.5) is 5.82 Å². The van der Waals surface area contributed by atoms with Gasteiger partial charge in [0.25, 0.3) is 0 Å². The molecule has 0 bridgehead atoms. The van der Waals surface area contributed by atoms with Crippen LogP contribution in [0.5, 0.6) is 5.75 Å². The van der Waals surface area contributed by atoms with Gasteiger partial charge in [-0.1, -0.05) is 0 Å². The van der Waals surface area contributed by atoms with Crippen molar-refractivity contribution >= 4 is 16.7 Å². The third-order valence-corrected chi connectivity index (χ3v) is 3.39. The lowest BCUT2D eigenvalue weighted by atomic mass is 10.1. The Balaban J connectivity index is 2.26. The highest BCUT2D eigenvalue weighted by atomic mass is 16.5. The maximum absolute atomic E-state index is 5.83. The SMILES string of the molecule is COc1cc(-c2cc(N)n(C)n2)cc2c(C)c[nH]c12. The van der Waals surface area contributed by atoms with Crippen molar-refractivity contribution < 1.29 is 4.74 Å². The van der Waals surface area contributed by atoms with Crippen LogP contribution in [0.25, 0.3) is 22.2 Å². The topological polar surface area (TPSA) is 68.9 Å². The van der Waals surface area contributed by atoms with Gasteiger partial charge in [0.1, 0.15) is 11.6 Å². The van der Waals surface area contributed by atoms with E-state index >= 15 is 0 Å². The molecule has 0 saturated carbocycles. The number of hydrogen-bond donors (Lipinski definition) is 2. The monoisotopic (exact) mass is 256 g/mol. The van der Waals surface area contributed by atoms with Gasteiger partial charge in [0.2, 0.25) is 0 Å². The standard InChI is InChI=1S/C14H16N4O/c1-8-7-16-14-10(8)4-9(5-12(14)19-3)11-6-13(15)18(2)17-11/h4-7,16H,15H2,1-3H3. The minimum absolute atomic E-state index is 0.639. The van der Waals surface area contributed by atoms with Crippen LogP contribution in [0, 0.1) is 6.92 Å². The lowest BCUT2D eigenvalue weighted by Crippen LogP contribution is -1.96. The predicted molar refractivity (Wildman–Crippen MR) is 76.2 cm³/mol. The molecule has 0 radical (unpaired) electrons. The van der Waals surface area contributed by atoms with Gasteiger partial charge in [-0.05, 0) is 24.6 Å². The maximum atomic E-state index is 5.83. The largest absolute Gasteiger partial charge is 0.495 e. The van der Waals surface area contributed by atoms with E-state index in [0.29, 0.717) is 5.82 Å². The fraction of sp³-hybridized carbons (Fsp3) is 0.214. The van der Waals surface area contributed by atoms with E-state index in [0.717, 1.165) is 27.9 Å². The molecule has 0 amide bonds. The summed E-state index contributed by atoms with van der Waals surface area (Å²) in [6, 6.07) is 5.94. The van der Waals surface area contributed by atoms with E-state index in [9.17, 15) is 0 Å². The number of hydrogen-bond acceptors (Lipinski definition) is 3. The molecular weight excluding hydrogens is 240 g/mol. The average Bonchev–Trinajstić information content (AvgIpc) is 2.93. The highest BCUT2D eigenvalue weighted by Crippen LogP contribution is 2.33. The van der Waals surface area contributed by atoms with E-state index in [1.807, 2.05) is 25.4 Å². The fourth-order valence-electron chi connectivity index (χ4n) is 2.27. The minimum atomic E-state index is 0.639. The molecule has 0 aliphatic rings. The number of nitrogens with two attached hydrogens (primary N) is 1. The molecule has 0 aliphatic heterocycles. The molecule has 0 fully saturated rings. The van der Waals surface area contributed by atoms with E-state index in [4.69, 9.17) is 10.5 Å². The number of ether oxygens (including phenoxy) is 1. The van der Waals surface area contributed by atoms with Gasteiger partial charge in [-0.3, -0.25) is 4.68 Å². The van der Waals surface area contributed by atoms with Crippen LogP contribution in [0.1, 0.15) is 5.56 Å². The number of aromatic nitrogens is 3. The summed E-state index contributed by atoms with van der Waals surface area (Å²) in [6.45, 7) is 2.06. The molecule has 2 aromatic heterocycles. The number of nitrogens with zero attached hydrogens (tertiary/aromatic N) is 2. The molecule has 1 aromatic carbocycles. The second-order valence-electron chi connectivity index (χ2n) is 4.65. The summed E-state index contributed by atoms with van der Waals surface area (Å²) >= 11 is 0. The molecule has 3 aromatic rings. The summed E-state index contributed by atoms with van der Waals surface area (Å²) in [5.41, 5.74) is 9.87. The Morgan fingerprint density at radius 1 is 1.32 bits per heavy atom. The highest BCUT2D eigenvalue weighted by Gasteiger charge is 2.12. The molecule has 3 N–H and O–H groups in total. The van der Waals surface area contributed by atoms with Crippen LogP contribution >= 0.6 is 0 Å². The summed E-state index contributed by atoms with van der Waals surface area (Å²) < 4.78 is 7.11. The second kappa shape index (κ2) is 4.05. The molecule has 0 unspecified atom stereocenters. The summed E-state index contributed by atoms with van der Waals surface area (Å²) in [7, 11) is 3.50. The molecule has 2 heterocycles. The van der Waals surface area contributed by atoms with Crippen molar-refractivity contribution in [3.8, 4) is 17.0 Å². The van der Waals surface area contributed by atoms with Crippen molar-refractivity contribution in [2.24, 2.45) is 7.05 Å². The van der Waals surface area contributed by atoms with E-state index in [2.05, 4.69) is 23.1 Å². The van der Waals surface area contributed by atoms with Gasteiger partial charge in [-0.25, -0.2) is 0 Å². The molecular formula is C14H16N4O. The van der Waals surface area contributed by atoms with Crippen molar-refractivity contribution in [1.82, 2.24) is 14.8 Å². The normalized spacial score (nSPS) is 11.1. The van der Waals surface area contributed by atoms with Gasteiger partial charge >= 0.3 is 0 Å². The Morgan fingerprint density at radius 3 is 2.74 bits per heavy atom. The lowest BCUT2D eigenvalue weighted by molar-refractivity contribution is 0.419. The first-order chi connectivity index (χ1) is 9.10. The first kappa shape index (κ1) is 11.6. The van der Waals surface area contributed by atoms with E-state index in [-0.39, 0.29) is 0 Å². The van der Waals surface area contributed by atoms with Crippen LogP contribution in [0.3, 0.4) is 0 Å². The zero-order chi connectivity index (χ0) is 13.6. The number of nitrogens with one attached hydrogen (secondary N) is 1. The molecule has 0 saturated heterocycles. The molecule has 3 rings (SSSR count). The Morgan fingerprint density at radius 2 is 2.11 bits per heavy atom. The molecule has 5 heteroatoms. The highest BCUT2D eigenvalue weighted by molar-refractivity contribution is 5.92. The Kier molecular flexibility index (Phi) is 2.48. The molecule has 98 valence electrons. The van der Waals surface area contributed by atoms with Crippen LogP contribution in [0.2, 0.25) is 0 Å². The van der Waals surface area contributed by atoms with Gasteiger partial charge in [-0.2, -0.15) is 5.10 Å². The first-order valence-electron chi connectivity index (χ1n) is 6.05. The number of aromatic amines is 1. The molecule has 5 nitrogen and oxygen atoms in total. The van der Waals surface area contributed by atoms with Crippen LogP contribution in [-0.2, 0) is 7.05 Å². The van der Waals surface area contributed by atoms with Gasteiger partial charge < -0.3 is 15.5 Å². The maximum Gasteiger partial charge on any atom is 0.143 e. The Bertz CT molecular complexity index is 735. The summed E-state index contributed by atoms with van der Waals surface area (Å²) in [6.07, 6.45) is 1.98. The number of methoxy groups -OCH3 is 1. The van der Waals surface area contributed by atoms with E-state index in [1.54, 1.807) is 11.8 Å². The van der Waals surface area contributed by atoms with Crippen molar-refractivity contribution in [3.63, 3.8) is 0 Å². The van der Waals surface area contributed by atoms with Crippen molar-refractivity contribution in [3.05, 3.63) is 30.0 Å². The van der Waals surface area contributed by atoms with Crippen molar-refractivity contribution in [2.45, 2.75) is 6.92 Å². The minimum Gasteiger partial charge on any atom is -0.495 e. The van der Waals surface area contributed by atoms with Gasteiger partial charge in [0.15, 0.2) is 0 Å². The number of fused-ring (bicyclic) bond motifs is 1. The third kappa shape index (κ3) is 1.74. The van der Waals surface area contributed by atoms with Gasteiger partial charge in [-0.15, -0.1) is 0 Å².